The Hall–Kier alpha value is -1.41. The van der Waals surface area contributed by atoms with Crippen LogP contribution in [-0.4, -0.2) is 48.7 Å². The maximum absolute atomic E-state index is 12.4. The number of esters is 1. The first-order valence-corrected chi connectivity index (χ1v) is 7.47. The van der Waals surface area contributed by atoms with E-state index >= 15 is 0 Å². The van der Waals surface area contributed by atoms with Crippen molar-refractivity contribution in [3.8, 4) is 0 Å². The van der Waals surface area contributed by atoms with Gasteiger partial charge in [0.15, 0.2) is 5.03 Å². The molecular formula is C11H17N3O4S. The van der Waals surface area contributed by atoms with Crippen molar-refractivity contribution in [1.29, 1.82) is 0 Å². The molecule has 8 heteroatoms. The number of carbonyl (C=O) groups is 1. The van der Waals surface area contributed by atoms with E-state index in [1.54, 1.807) is 7.05 Å². The molecule has 7 nitrogen and oxygen atoms in total. The van der Waals surface area contributed by atoms with Crippen LogP contribution in [-0.2, 0) is 26.6 Å². The van der Waals surface area contributed by atoms with E-state index in [1.165, 1.54) is 28.4 Å². The molecule has 2 heterocycles. The van der Waals surface area contributed by atoms with Crippen molar-refractivity contribution in [3.63, 3.8) is 0 Å². The molecule has 19 heavy (non-hydrogen) atoms. The van der Waals surface area contributed by atoms with Crippen LogP contribution in [0, 0.1) is 5.92 Å². The Morgan fingerprint density at radius 1 is 1.53 bits per heavy atom. The van der Waals surface area contributed by atoms with Crippen LogP contribution in [0.5, 0.6) is 0 Å². The lowest BCUT2D eigenvalue weighted by Gasteiger charge is -2.30. The number of aryl methyl sites for hydroxylation is 1. The zero-order valence-electron chi connectivity index (χ0n) is 10.9. The molecule has 1 aliphatic rings. The average Bonchev–Trinajstić information content (AvgIpc) is 2.85. The Kier molecular flexibility index (Phi) is 3.91. The first-order valence-electron chi connectivity index (χ1n) is 6.03. The minimum atomic E-state index is -3.60. The largest absolute Gasteiger partial charge is 0.469 e. The van der Waals surface area contributed by atoms with Crippen molar-refractivity contribution in [2.24, 2.45) is 13.0 Å². The van der Waals surface area contributed by atoms with E-state index < -0.39 is 10.0 Å². The number of sulfonamides is 1. The smallest absolute Gasteiger partial charge is 0.309 e. The van der Waals surface area contributed by atoms with Crippen LogP contribution in [0.2, 0.25) is 0 Å². The number of hydrogen-bond acceptors (Lipinski definition) is 5. The normalized spacial score (nSPS) is 21.3. The minimum absolute atomic E-state index is 0.137. The van der Waals surface area contributed by atoms with Gasteiger partial charge in [0.05, 0.1) is 19.2 Å². The van der Waals surface area contributed by atoms with Gasteiger partial charge in [-0.1, -0.05) is 0 Å². The summed E-state index contributed by atoms with van der Waals surface area (Å²) in [5, 5.41) is 4.00. The third-order valence-electron chi connectivity index (χ3n) is 3.30. The lowest BCUT2D eigenvalue weighted by molar-refractivity contribution is -0.146. The molecule has 0 amide bonds. The zero-order chi connectivity index (χ0) is 14.0. The van der Waals surface area contributed by atoms with Crippen LogP contribution in [0.25, 0.3) is 0 Å². The monoisotopic (exact) mass is 287 g/mol. The molecule has 0 spiro atoms. The number of carbonyl (C=O) groups excluding carboxylic acids is 1. The maximum Gasteiger partial charge on any atom is 0.309 e. The molecule has 1 saturated heterocycles. The zero-order valence-corrected chi connectivity index (χ0v) is 11.8. The van der Waals surface area contributed by atoms with Crippen molar-refractivity contribution in [1.82, 2.24) is 14.1 Å². The lowest BCUT2D eigenvalue weighted by Crippen LogP contribution is -2.43. The Balaban J connectivity index is 2.22. The van der Waals surface area contributed by atoms with E-state index in [0.717, 1.165) is 0 Å². The van der Waals surface area contributed by atoms with E-state index in [0.29, 0.717) is 19.4 Å². The predicted octanol–water partition coefficient (Wildman–Crippen LogP) is -0.00620. The highest BCUT2D eigenvalue weighted by atomic mass is 32.2. The molecule has 106 valence electrons. The number of nitrogens with zero attached hydrogens (tertiary/aromatic N) is 3. The SMILES string of the molecule is COC(=O)C1CCCN(S(=O)(=O)c2ccnn2C)C1. The topological polar surface area (TPSA) is 81.5 Å². The Bertz CT molecular complexity index is 566. The Labute approximate surface area is 112 Å². The molecule has 1 atom stereocenters. The summed E-state index contributed by atoms with van der Waals surface area (Å²) in [5.41, 5.74) is 0. The van der Waals surface area contributed by atoms with Gasteiger partial charge >= 0.3 is 5.97 Å². The van der Waals surface area contributed by atoms with Crippen LogP contribution in [0.15, 0.2) is 17.3 Å². The summed E-state index contributed by atoms with van der Waals surface area (Å²) in [6.07, 6.45) is 2.75. The summed E-state index contributed by atoms with van der Waals surface area (Å²) in [6, 6.07) is 1.46. The van der Waals surface area contributed by atoms with E-state index in [1.807, 2.05) is 0 Å². The summed E-state index contributed by atoms with van der Waals surface area (Å²) in [7, 11) is -0.704. The molecule has 0 N–H and O–H groups in total. The third-order valence-corrected chi connectivity index (χ3v) is 5.24. The molecule has 0 bridgehead atoms. The summed E-state index contributed by atoms with van der Waals surface area (Å²) in [6.45, 7) is 0.585. The van der Waals surface area contributed by atoms with Crippen LogP contribution >= 0.6 is 0 Å². The molecule has 2 rings (SSSR count). The Morgan fingerprint density at radius 2 is 2.26 bits per heavy atom. The van der Waals surface area contributed by atoms with Crippen LogP contribution in [0.1, 0.15) is 12.8 Å². The molecule has 1 unspecified atom stereocenters. The molecule has 1 fully saturated rings. The molecule has 1 aromatic heterocycles. The first-order chi connectivity index (χ1) is 8.96. The highest BCUT2D eigenvalue weighted by molar-refractivity contribution is 7.89. The number of piperidine rings is 1. The van der Waals surface area contributed by atoms with Crippen LogP contribution in [0.4, 0.5) is 0 Å². The lowest BCUT2D eigenvalue weighted by atomic mass is 10.0. The second-order valence-electron chi connectivity index (χ2n) is 4.52. The van der Waals surface area contributed by atoms with E-state index in [-0.39, 0.29) is 23.5 Å². The first kappa shape index (κ1) is 14.0. The number of ether oxygens (including phenoxy) is 1. The van der Waals surface area contributed by atoms with E-state index in [2.05, 4.69) is 9.84 Å². The molecule has 0 aromatic carbocycles. The molecule has 0 radical (unpaired) electrons. The predicted molar refractivity (Wildman–Crippen MR) is 66.7 cm³/mol. The highest BCUT2D eigenvalue weighted by Gasteiger charge is 2.34. The van der Waals surface area contributed by atoms with E-state index in [9.17, 15) is 13.2 Å². The summed E-state index contributed by atoms with van der Waals surface area (Å²) < 4.78 is 32.2. The van der Waals surface area contributed by atoms with Crippen LogP contribution < -0.4 is 0 Å². The van der Waals surface area contributed by atoms with E-state index in [4.69, 9.17) is 0 Å². The van der Waals surface area contributed by atoms with Gasteiger partial charge in [-0.2, -0.15) is 9.40 Å². The molecular weight excluding hydrogens is 270 g/mol. The van der Waals surface area contributed by atoms with Crippen LogP contribution in [0.3, 0.4) is 0 Å². The fraction of sp³-hybridized carbons (Fsp3) is 0.636. The van der Waals surface area contributed by atoms with Gasteiger partial charge in [-0.05, 0) is 18.9 Å². The fourth-order valence-corrected chi connectivity index (χ4v) is 3.89. The van der Waals surface area contributed by atoms with Gasteiger partial charge in [-0.25, -0.2) is 8.42 Å². The van der Waals surface area contributed by atoms with Gasteiger partial charge in [0, 0.05) is 20.1 Å². The third kappa shape index (κ3) is 2.64. The van der Waals surface area contributed by atoms with Crippen molar-refractivity contribution >= 4 is 16.0 Å². The fourth-order valence-electron chi connectivity index (χ4n) is 2.27. The number of aromatic nitrogens is 2. The maximum atomic E-state index is 12.4. The second kappa shape index (κ2) is 5.30. The van der Waals surface area contributed by atoms with Gasteiger partial charge < -0.3 is 4.74 Å². The summed E-state index contributed by atoms with van der Waals surface area (Å²) in [4.78, 5) is 11.5. The van der Waals surface area contributed by atoms with Crippen molar-refractivity contribution < 1.29 is 17.9 Å². The van der Waals surface area contributed by atoms with Gasteiger partial charge in [-0.3, -0.25) is 9.48 Å². The minimum Gasteiger partial charge on any atom is -0.469 e. The molecule has 1 aromatic rings. The quantitative estimate of drug-likeness (QED) is 0.731. The van der Waals surface area contributed by atoms with Gasteiger partial charge in [-0.15, -0.1) is 0 Å². The standard InChI is InChI=1S/C11H17N3O4S/c1-13-10(5-6-12-13)19(16,17)14-7-3-4-9(8-14)11(15)18-2/h5-6,9H,3-4,7-8H2,1-2H3. The van der Waals surface area contributed by atoms with Gasteiger partial charge in [0.2, 0.25) is 0 Å². The van der Waals surface area contributed by atoms with Crippen molar-refractivity contribution in [2.75, 3.05) is 20.2 Å². The average molecular weight is 287 g/mol. The summed E-state index contributed by atoms with van der Waals surface area (Å²) in [5.74, 6) is -0.744. The molecule has 0 saturated carbocycles. The molecule has 1 aliphatic heterocycles. The van der Waals surface area contributed by atoms with Crippen molar-refractivity contribution in [3.05, 3.63) is 12.3 Å². The number of hydrogen-bond donors (Lipinski definition) is 0. The number of methoxy groups -OCH3 is 1. The molecule has 0 aliphatic carbocycles. The van der Waals surface area contributed by atoms with Gasteiger partial charge in [0.25, 0.3) is 10.0 Å². The highest BCUT2D eigenvalue weighted by Crippen LogP contribution is 2.23. The number of rotatable bonds is 3. The second-order valence-corrected chi connectivity index (χ2v) is 6.40. The Morgan fingerprint density at radius 3 is 2.84 bits per heavy atom. The van der Waals surface area contributed by atoms with Gasteiger partial charge in [0.1, 0.15) is 0 Å². The summed E-state index contributed by atoms with van der Waals surface area (Å²) >= 11 is 0. The van der Waals surface area contributed by atoms with Crippen molar-refractivity contribution in [2.45, 2.75) is 17.9 Å².